The normalized spacial score (nSPS) is 21.0. The number of rotatable bonds is 6. The summed E-state index contributed by atoms with van der Waals surface area (Å²) < 4.78 is 16.3. The molecule has 0 spiro atoms. The number of carbonyl (C=O) groups excluding carboxylic acids is 1. The lowest BCUT2D eigenvalue weighted by atomic mass is 9.95. The summed E-state index contributed by atoms with van der Waals surface area (Å²) in [6.45, 7) is 4.48. The molecule has 150 valence electrons. The minimum Gasteiger partial charge on any atom is -0.493 e. The number of ether oxygens (including phenoxy) is 3. The van der Waals surface area contributed by atoms with Crippen molar-refractivity contribution in [3.05, 3.63) is 17.7 Å². The fourth-order valence-corrected chi connectivity index (χ4v) is 4.26. The second-order valence-corrected chi connectivity index (χ2v) is 7.49. The van der Waals surface area contributed by atoms with Crippen molar-refractivity contribution in [1.29, 1.82) is 0 Å². The Morgan fingerprint density at radius 3 is 2.22 bits per heavy atom. The summed E-state index contributed by atoms with van der Waals surface area (Å²) in [5.74, 6) is 2.43. The van der Waals surface area contributed by atoms with Gasteiger partial charge in [0.2, 0.25) is 11.7 Å². The molecule has 2 heterocycles. The summed E-state index contributed by atoms with van der Waals surface area (Å²) in [4.78, 5) is 17.3. The van der Waals surface area contributed by atoms with Gasteiger partial charge < -0.3 is 19.1 Å². The molecule has 6 nitrogen and oxygen atoms in total. The van der Waals surface area contributed by atoms with Crippen molar-refractivity contribution in [2.24, 2.45) is 5.92 Å². The molecule has 0 aliphatic carbocycles. The number of amides is 1. The summed E-state index contributed by atoms with van der Waals surface area (Å²) in [5.41, 5.74) is 1.11. The number of nitrogens with zero attached hydrogens (tertiary/aromatic N) is 2. The van der Waals surface area contributed by atoms with E-state index in [1.54, 1.807) is 21.3 Å². The summed E-state index contributed by atoms with van der Waals surface area (Å²) in [7, 11) is 4.88. The van der Waals surface area contributed by atoms with Gasteiger partial charge in [0.1, 0.15) is 0 Å². The Morgan fingerprint density at radius 2 is 1.63 bits per heavy atom. The standard InChI is InChI=1S/C21H32N2O4/c1-25-18-12-16(13-19(26-2)20(18)27-3)14-22-9-7-8-17(15-22)21(24)23-10-5-4-6-11-23/h12-13,17H,4-11,14-15H2,1-3H3/t17-/m1/s1. The molecule has 0 radical (unpaired) electrons. The molecule has 2 fully saturated rings. The molecular weight excluding hydrogens is 344 g/mol. The van der Waals surface area contributed by atoms with Crippen LogP contribution in [0.1, 0.15) is 37.7 Å². The third-order valence-electron chi connectivity index (χ3n) is 5.65. The molecule has 1 aromatic rings. The summed E-state index contributed by atoms with van der Waals surface area (Å²) in [6, 6.07) is 3.99. The van der Waals surface area contributed by atoms with Gasteiger partial charge in [-0.05, 0) is 56.3 Å². The lowest BCUT2D eigenvalue weighted by Crippen LogP contribution is -2.46. The van der Waals surface area contributed by atoms with Crippen LogP contribution < -0.4 is 14.2 Å². The molecule has 27 heavy (non-hydrogen) atoms. The van der Waals surface area contributed by atoms with E-state index in [2.05, 4.69) is 9.80 Å². The third-order valence-corrected chi connectivity index (χ3v) is 5.65. The average molecular weight is 376 g/mol. The third kappa shape index (κ3) is 4.67. The molecule has 2 saturated heterocycles. The van der Waals surface area contributed by atoms with Crippen LogP contribution in [0, 0.1) is 5.92 Å². The summed E-state index contributed by atoms with van der Waals surface area (Å²) in [6.07, 6.45) is 5.61. The quantitative estimate of drug-likeness (QED) is 0.764. The van der Waals surface area contributed by atoms with Gasteiger partial charge in [0.25, 0.3) is 0 Å². The Hall–Kier alpha value is -1.95. The van der Waals surface area contributed by atoms with Gasteiger partial charge in [0.05, 0.1) is 27.2 Å². The highest BCUT2D eigenvalue weighted by atomic mass is 16.5. The van der Waals surface area contributed by atoms with Crippen molar-refractivity contribution in [2.45, 2.75) is 38.6 Å². The maximum Gasteiger partial charge on any atom is 0.226 e. The first-order valence-electron chi connectivity index (χ1n) is 9.96. The van der Waals surface area contributed by atoms with E-state index in [1.807, 2.05) is 12.1 Å². The molecule has 1 atom stereocenters. The van der Waals surface area contributed by atoms with Crippen molar-refractivity contribution in [3.8, 4) is 17.2 Å². The Morgan fingerprint density at radius 1 is 0.963 bits per heavy atom. The van der Waals surface area contributed by atoms with Gasteiger partial charge in [-0.25, -0.2) is 0 Å². The molecule has 6 heteroatoms. The second kappa shape index (κ2) is 9.31. The van der Waals surface area contributed by atoms with Crippen molar-refractivity contribution < 1.29 is 19.0 Å². The van der Waals surface area contributed by atoms with Crippen LogP contribution in [0.15, 0.2) is 12.1 Å². The molecule has 0 unspecified atom stereocenters. The van der Waals surface area contributed by atoms with Crippen molar-refractivity contribution in [2.75, 3.05) is 47.5 Å². The average Bonchev–Trinajstić information content (AvgIpc) is 2.73. The van der Waals surface area contributed by atoms with Gasteiger partial charge in [-0.1, -0.05) is 0 Å². The minimum absolute atomic E-state index is 0.124. The zero-order chi connectivity index (χ0) is 19.2. The van der Waals surface area contributed by atoms with Gasteiger partial charge in [-0.3, -0.25) is 9.69 Å². The molecule has 1 aromatic carbocycles. The van der Waals surface area contributed by atoms with Crippen LogP contribution in [-0.2, 0) is 11.3 Å². The van der Waals surface area contributed by atoms with E-state index in [9.17, 15) is 4.79 Å². The monoisotopic (exact) mass is 376 g/mol. The Bertz CT molecular complexity index is 618. The van der Waals surface area contributed by atoms with Gasteiger partial charge >= 0.3 is 0 Å². The first-order valence-corrected chi connectivity index (χ1v) is 9.96. The number of hydrogen-bond acceptors (Lipinski definition) is 5. The van der Waals surface area contributed by atoms with Crippen molar-refractivity contribution in [1.82, 2.24) is 9.80 Å². The number of hydrogen-bond donors (Lipinski definition) is 0. The van der Waals surface area contributed by atoms with Gasteiger partial charge in [0, 0.05) is 26.2 Å². The van der Waals surface area contributed by atoms with Gasteiger partial charge in [0.15, 0.2) is 11.5 Å². The highest BCUT2D eigenvalue weighted by molar-refractivity contribution is 5.79. The van der Waals surface area contributed by atoms with Crippen LogP contribution in [0.5, 0.6) is 17.2 Å². The molecule has 2 aliphatic rings. The van der Waals surface area contributed by atoms with Crippen LogP contribution in [0.25, 0.3) is 0 Å². The second-order valence-electron chi connectivity index (χ2n) is 7.49. The predicted octanol–water partition coefficient (Wildman–Crippen LogP) is 2.94. The zero-order valence-electron chi connectivity index (χ0n) is 16.8. The van der Waals surface area contributed by atoms with Crippen molar-refractivity contribution in [3.63, 3.8) is 0 Å². The molecule has 0 bridgehead atoms. The Kier molecular flexibility index (Phi) is 6.83. The number of carbonyl (C=O) groups is 1. The topological polar surface area (TPSA) is 51.2 Å². The number of likely N-dealkylation sites (tertiary alicyclic amines) is 2. The van der Waals surface area contributed by atoms with Crippen LogP contribution >= 0.6 is 0 Å². The van der Waals surface area contributed by atoms with Gasteiger partial charge in [-0.15, -0.1) is 0 Å². The Labute approximate surface area is 162 Å². The first kappa shape index (κ1) is 19.8. The fourth-order valence-electron chi connectivity index (χ4n) is 4.26. The maximum atomic E-state index is 12.9. The van der Waals surface area contributed by atoms with Gasteiger partial charge in [-0.2, -0.15) is 0 Å². The highest BCUT2D eigenvalue weighted by Crippen LogP contribution is 2.38. The summed E-state index contributed by atoms with van der Waals surface area (Å²) >= 11 is 0. The molecule has 2 aliphatic heterocycles. The first-order chi connectivity index (χ1) is 13.2. The predicted molar refractivity (Wildman–Crippen MR) is 105 cm³/mol. The van der Waals surface area contributed by atoms with Crippen molar-refractivity contribution >= 4 is 5.91 Å². The lowest BCUT2D eigenvalue weighted by Gasteiger charge is -2.36. The molecule has 0 saturated carbocycles. The van der Waals surface area contributed by atoms with Crippen LogP contribution in [0.3, 0.4) is 0 Å². The van der Waals surface area contributed by atoms with Crippen LogP contribution in [-0.4, -0.2) is 63.2 Å². The molecule has 1 amide bonds. The van der Waals surface area contributed by atoms with Crippen LogP contribution in [0.4, 0.5) is 0 Å². The van der Waals surface area contributed by atoms with E-state index >= 15 is 0 Å². The van der Waals surface area contributed by atoms with E-state index in [1.165, 1.54) is 6.42 Å². The molecule has 3 rings (SSSR count). The molecule has 0 aromatic heterocycles. The van der Waals surface area contributed by atoms with E-state index in [-0.39, 0.29) is 5.92 Å². The van der Waals surface area contributed by atoms with E-state index in [0.717, 1.165) is 64.0 Å². The maximum absolute atomic E-state index is 12.9. The van der Waals surface area contributed by atoms with E-state index < -0.39 is 0 Å². The smallest absolute Gasteiger partial charge is 0.226 e. The zero-order valence-corrected chi connectivity index (χ0v) is 16.8. The van der Waals surface area contributed by atoms with E-state index in [0.29, 0.717) is 23.2 Å². The molecular formula is C21H32N2O4. The summed E-state index contributed by atoms with van der Waals surface area (Å²) in [5, 5.41) is 0. The number of methoxy groups -OCH3 is 3. The number of benzene rings is 1. The lowest BCUT2D eigenvalue weighted by molar-refractivity contribution is -0.138. The highest BCUT2D eigenvalue weighted by Gasteiger charge is 2.30. The fraction of sp³-hybridized carbons (Fsp3) is 0.667. The largest absolute Gasteiger partial charge is 0.493 e. The SMILES string of the molecule is COc1cc(CN2CCC[C@@H](C(=O)N3CCCCC3)C2)cc(OC)c1OC. The Balaban J connectivity index is 1.67. The van der Waals surface area contributed by atoms with Crippen LogP contribution in [0.2, 0.25) is 0 Å². The van der Waals surface area contributed by atoms with E-state index in [4.69, 9.17) is 14.2 Å². The minimum atomic E-state index is 0.124. The molecule has 0 N–H and O–H groups in total. The number of piperidine rings is 2.